The number of nitrogens with zero attached hydrogens (tertiary/aromatic N) is 2. The number of anilines is 1. The number of carbonyl (C=O) groups excluding carboxylic acids is 2. The molecule has 4 unspecified atom stereocenters. The summed E-state index contributed by atoms with van der Waals surface area (Å²) in [5, 5.41) is 11.3. The number of amides is 2. The van der Waals surface area contributed by atoms with E-state index in [1.165, 1.54) is 18.2 Å². The Morgan fingerprint density at radius 1 is 0.688 bits per heavy atom. The minimum Gasteiger partial charge on any atom is -0.274 e. The molecule has 0 spiro atoms. The van der Waals surface area contributed by atoms with Crippen LogP contribution < -0.4 is 4.90 Å². The normalized spacial score (nSPS) is 24.4. The third kappa shape index (κ3) is 3.21. The van der Waals surface area contributed by atoms with Gasteiger partial charge < -0.3 is 0 Å². The highest BCUT2D eigenvalue weighted by Crippen LogP contribution is 2.50. The van der Waals surface area contributed by atoms with Gasteiger partial charge in [0, 0.05) is 24.0 Å². The first-order valence-electron chi connectivity index (χ1n) is 10.5. The maximum absolute atomic E-state index is 13.7. The maximum Gasteiger partial charge on any atom is 0.271 e. The number of rotatable bonds is 4. The van der Waals surface area contributed by atoms with Crippen molar-refractivity contribution in [1.29, 1.82) is 0 Å². The minimum absolute atomic E-state index is 0.157. The fourth-order valence-corrected chi connectivity index (χ4v) is 4.93. The summed E-state index contributed by atoms with van der Waals surface area (Å²) in [7, 11) is 0. The molecule has 0 N–H and O–H groups in total. The molecule has 0 saturated carbocycles. The standard InChI is InChI=1S/C26H20N2O4/c29-25-23-21(17-8-3-1-4-9-17)14-15-22(18-10-5-2-6-11-18)24(23)26(30)27(25)19-12-7-13-20(16-19)28(31)32/h1-16,21-24H. The van der Waals surface area contributed by atoms with E-state index in [4.69, 9.17) is 0 Å². The number of benzene rings is 3. The lowest BCUT2D eigenvalue weighted by Crippen LogP contribution is -2.31. The zero-order valence-corrected chi connectivity index (χ0v) is 17.1. The quantitative estimate of drug-likeness (QED) is 0.260. The fraction of sp³-hybridized carbons (Fsp3) is 0.154. The third-order valence-corrected chi connectivity index (χ3v) is 6.37. The van der Waals surface area contributed by atoms with Crippen molar-refractivity contribution >= 4 is 23.2 Å². The zero-order chi connectivity index (χ0) is 22.2. The van der Waals surface area contributed by atoms with Crippen molar-refractivity contribution in [2.75, 3.05) is 4.90 Å². The van der Waals surface area contributed by atoms with Crippen LogP contribution in [0, 0.1) is 22.0 Å². The Hall–Kier alpha value is -4.06. The van der Waals surface area contributed by atoms with E-state index in [-0.39, 0.29) is 35.0 Å². The van der Waals surface area contributed by atoms with Crippen LogP contribution in [-0.4, -0.2) is 16.7 Å². The summed E-state index contributed by atoms with van der Waals surface area (Å²) < 4.78 is 0. The van der Waals surface area contributed by atoms with Crippen LogP contribution >= 0.6 is 0 Å². The molecule has 1 fully saturated rings. The van der Waals surface area contributed by atoms with Gasteiger partial charge in [-0.05, 0) is 17.2 Å². The Kier molecular flexibility index (Phi) is 4.90. The Balaban J connectivity index is 1.63. The lowest BCUT2D eigenvalue weighted by molar-refractivity contribution is -0.384. The monoisotopic (exact) mass is 424 g/mol. The van der Waals surface area contributed by atoms with Gasteiger partial charge >= 0.3 is 0 Å². The minimum atomic E-state index is -0.584. The highest BCUT2D eigenvalue weighted by atomic mass is 16.6. The van der Waals surface area contributed by atoms with Gasteiger partial charge in [0.25, 0.3) is 5.69 Å². The number of non-ortho nitro benzene ring substituents is 1. The van der Waals surface area contributed by atoms with E-state index in [1.54, 1.807) is 6.07 Å². The van der Waals surface area contributed by atoms with Crippen LogP contribution in [0.2, 0.25) is 0 Å². The van der Waals surface area contributed by atoms with E-state index in [1.807, 2.05) is 72.8 Å². The molecule has 1 aliphatic heterocycles. The van der Waals surface area contributed by atoms with Crippen molar-refractivity contribution < 1.29 is 14.5 Å². The lowest BCUT2D eigenvalue weighted by Gasteiger charge is -2.32. The van der Waals surface area contributed by atoms with E-state index >= 15 is 0 Å². The van der Waals surface area contributed by atoms with Crippen LogP contribution in [0.1, 0.15) is 23.0 Å². The third-order valence-electron chi connectivity index (χ3n) is 6.37. The SMILES string of the molecule is O=C1C2C(c3ccccc3)C=CC(c3ccccc3)C2C(=O)N1c1cccc([N+](=O)[O-])c1. The number of imide groups is 1. The van der Waals surface area contributed by atoms with E-state index in [0.717, 1.165) is 16.0 Å². The van der Waals surface area contributed by atoms with Gasteiger partial charge in [-0.1, -0.05) is 78.9 Å². The molecule has 32 heavy (non-hydrogen) atoms. The van der Waals surface area contributed by atoms with Gasteiger partial charge in [0.1, 0.15) is 0 Å². The van der Waals surface area contributed by atoms with Crippen LogP contribution in [0.4, 0.5) is 11.4 Å². The second-order valence-corrected chi connectivity index (χ2v) is 8.10. The van der Waals surface area contributed by atoms with E-state index < -0.39 is 16.8 Å². The predicted molar refractivity (Wildman–Crippen MR) is 120 cm³/mol. The Labute approximate surface area is 184 Å². The van der Waals surface area contributed by atoms with Gasteiger partial charge in [-0.25, -0.2) is 4.90 Å². The Morgan fingerprint density at radius 2 is 1.19 bits per heavy atom. The van der Waals surface area contributed by atoms with Crippen LogP contribution in [0.25, 0.3) is 0 Å². The summed E-state index contributed by atoms with van der Waals surface area (Å²) in [6.45, 7) is 0. The van der Waals surface area contributed by atoms with Crippen molar-refractivity contribution in [3.63, 3.8) is 0 Å². The number of allylic oxidation sites excluding steroid dienone is 2. The van der Waals surface area contributed by atoms with Crippen LogP contribution in [-0.2, 0) is 9.59 Å². The molecule has 5 rings (SSSR count). The molecule has 4 atom stereocenters. The molecule has 3 aromatic carbocycles. The van der Waals surface area contributed by atoms with Gasteiger partial charge in [-0.15, -0.1) is 0 Å². The highest BCUT2D eigenvalue weighted by molar-refractivity contribution is 6.23. The van der Waals surface area contributed by atoms with Crippen molar-refractivity contribution in [3.8, 4) is 0 Å². The van der Waals surface area contributed by atoms with Crippen LogP contribution in [0.3, 0.4) is 0 Å². The molecule has 6 nitrogen and oxygen atoms in total. The molecule has 1 aliphatic carbocycles. The molecular formula is C26H20N2O4. The Morgan fingerprint density at radius 3 is 1.66 bits per heavy atom. The molecule has 6 heteroatoms. The first-order chi connectivity index (χ1) is 15.6. The summed E-state index contributed by atoms with van der Waals surface area (Å²) in [4.78, 5) is 39.3. The first kappa shape index (κ1) is 19.9. The average Bonchev–Trinajstić information content (AvgIpc) is 3.10. The molecule has 2 amide bonds. The van der Waals surface area contributed by atoms with Crippen molar-refractivity contribution in [3.05, 3.63) is 118 Å². The summed E-state index contributed by atoms with van der Waals surface area (Å²) >= 11 is 0. The molecule has 1 heterocycles. The highest BCUT2D eigenvalue weighted by Gasteiger charge is 2.55. The number of fused-ring (bicyclic) bond motifs is 1. The molecule has 3 aromatic rings. The van der Waals surface area contributed by atoms with E-state index in [0.29, 0.717) is 0 Å². The molecule has 0 radical (unpaired) electrons. The van der Waals surface area contributed by atoms with Gasteiger partial charge in [0.15, 0.2) is 0 Å². The van der Waals surface area contributed by atoms with Crippen LogP contribution in [0.5, 0.6) is 0 Å². The average molecular weight is 424 g/mol. The number of nitro benzene ring substituents is 1. The maximum atomic E-state index is 13.7. The van der Waals surface area contributed by atoms with E-state index in [2.05, 4.69) is 0 Å². The van der Waals surface area contributed by atoms with Gasteiger partial charge in [0.05, 0.1) is 22.4 Å². The second kappa shape index (κ2) is 7.89. The number of hydrogen-bond donors (Lipinski definition) is 0. The smallest absolute Gasteiger partial charge is 0.271 e. The van der Waals surface area contributed by atoms with Gasteiger partial charge in [0.2, 0.25) is 11.8 Å². The molecular weight excluding hydrogens is 404 g/mol. The molecule has 0 aromatic heterocycles. The fourth-order valence-electron chi connectivity index (χ4n) is 4.93. The van der Waals surface area contributed by atoms with Crippen molar-refractivity contribution in [1.82, 2.24) is 0 Å². The van der Waals surface area contributed by atoms with Crippen molar-refractivity contribution in [2.45, 2.75) is 11.8 Å². The largest absolute Gasteiger partial charge is 0.274 e. The summed E-state index contributed by atoms with van der Waals surface area (Å²) in [6, 6.07) is 25.0. The van der Waals surface area contributed by atoms with E-state index in [9.17, 15) is 19.7 Å². The number of nitro groups is 1. The van der Waals surface area contributed by atoms with Crippen LogP contribution in [0.15, 0.2) is 97.1 Å². The summed E-state index contributed by atoms with van der Waals surface area (Å²) in [6.07, 6.45) is 4.05. The zero-order valence-electron chi connectivity index (χ0n) is 17.1. The topological polar surface area (TPSA) is 80.5 Å². The first-order valence-corrected chi connectivity index (χ1v) is 10.5. The second-order valence-electron chi connectivity index (χ2n) is 8.10. The van der Waals surface area contributed by atoms with Gasteiger partial charge in [-0.3, -0.25) is 19.7 Å². The number of hydrogen-bond acceptors (Lipinski definition) is 4. The van der Waals surface area contributed by atoms with Crippen molar-refractivity contribution in [2.24, 2.45) is 11.8 Å². The summed E-state index contributed by atoms with van der Waals surface area (Å²) in [5.41, 5.74) is 2.01. The predicted octanol–water partition coefficient (Wildman–Crippen LogP) is 4.84. The number of carbonyl (C=O) groups is 2. The molecule has 158 valence electrons. The molecule has 2 aliphatic rings. The summed E-state index contributed by atoms with van der Waals surface area (Å²) in [5.74, 6) is -2.30. The lowest BCUT2D eigenvalue weighted by atomic mass is 9.68. The molecule has 0 bridgehead atoms. The van der Waals surface area contributed by atoms with Gasteiger partial charge in [-0.2, -0.15) is 0 Å². The molecule has 1 saturated heterocycles. The Bertz CT molecular complexity index is 1160.